The predicted molar refractivity (Wildman–Crippen MR) is 107 cm³/mol. The summed E-state index contributed by atoms with van der Waals surface area (Å²) in [7, 11) is 0. The Morgan fingerprint density at radius 3 is 2.54 bits per heavy atom. The van der Waals surface area contributed by atoms with Crippen LogP contribution in [0.2, 0.25) is 0 Å². The van der Waals surface area contributed by atoms with Gasteiger partial charge in [-0.2, -0.15) is 0 Å². The average Bonchev–Trinajstić information content (AvgIpc) is 2.73. The number of nitrogens with two attached hydrogens (primary N) is 1. The van der Waals surface area contributed by atoms with Crippen molar-refractivity contribution in [1.29, 1.82) is 0 Å². The highest BCUT2D eigenvalue weighted by molar-refractivity contribution is 5.90. The number of anilines is 1. The van der Waals surface area contributed by atoms with E-state index in [1.54, 1.807) is 12.1 Å². The van der Waals surface area contributed by atoms with Gasteiger partial charge in [0.1, 0.15) is 12.4 Å². The molecule has 6 nitrogen and oxygen atoms in total. The summed E-state index contributed by atoms with van der Waals surface area (Å²) in [6.07, 6.45) is 5.54. The van der Waals surface area contributed by atoms with Crippen molar-refractivity contribution in [2.24, 2.45) is 0 Å². The number of nitrogens with one attached hydrogen (secondary N) is 1. The summed E-state index contributed by atoms with van der Waals surface area (Å²) in [4.78, 5) is 24.4. The first-order chi connectivity index (χ1) is 13.6. The van der Waals surface area contributed by atoms with Gasteiger partial charge in [-0.1, -0.05) is 49.6 Å². The van der Waals surface area contributed by atoms with E-state index in [0.29, 0.717) is 17.0 Å². The number of carbonyl (C=O) groups is 2. The van der Waals surface area contributed by atoms with Gasteiger partial charge >= 0.3 is 5.97 Å². The summed E-state index contributed by atoms with van der Waals surface area (Å²) in [5, 5.41) is 2.99. The fourth-order valence-electron chi connectivity index (χ4n) is 3.25. The van der Waals surface area contributed by atoms with Gasteiger partial charge in [-0.05, 0) is 36.6 Å². The molecule has 3 N–H and O–H groups in total. The van der Waals surface area contributed by atoms with Crippen LogP contribution in [-0.4, -0.2) is 24.5 Å². The van der Waals surface area contributed by atoms with E-state index in [9.17, 15) is 9.59 Å². The maximum atomic E-state index is 12.3. The van der Waals surface area contributed by atoms with Gasteiger partial charge in [0.05, 0.1) is 11.3 Å². The van der Waals surface area contributed by atoms with E-state index in [0.717, 1.165) is 31.2 Å². The number of esters is 1. The molecule has 0 heterocycles. The van der Waals surface area contributed by atoms with Crippen molar-refractivity contribution < 1.29 is 19.1 Å². The van der Waals surface area contributed by atoms with Crippen LogP contribution in [-0.2, 0) is 16.1 Å². The molecule has 0 aromatic heterocycles. The molecule has 0 unspecified atom stereocenters. The van der Waals surface area contributed by atoms with Gasteiger partial charge in [-0.15, -0.1) is 0 Å². The number of amides is 1. The predicted octanol–water partition coefficient (Wildman–Crippen LogP) is 3.45. The van der Waals surface area contributed by atoms with Crippen LogP contribution in [0.15, 0.2) is 48.5 Å². The van der Waals surface area contributed by atoms with Crippen molar-refractivity contribution in [2.75, 3.05) is 12.3 Å². The Kier molecular flexibility index (Phi) is 6.89. The largest absolute Gasteiger partial charge is 0.482 e. The van der Waals surface area contributed by atoms with Crippen LogP contribution in [0.25, 0.3) is 0 Å². The van der Waals surface area contributed by atoms with Crippen molar-refractivity contribution in [1.82, 2.24) is 5.32 Å². The van der Waals surface area contributed by atoms with Crippen molar-refractivity contribution in [3.05, 3.63) is 59.7 Å². The highest BCUT2D eigenvalue weighted by Gasteiger charge is 2.17. The quantitative estimate of drug-likeness (QED) is 0.565. The highest BCUT2D eigenvalue weighted by atomic mass is 16.5. The number of benzene rings is 2. The molecule has 6 heteroatoms. The minimum atomic E-state index is -0.472. The minimum absolute atomic E-state index is 0.136. The Balaban J connectivity index is 1.53. The Bertz CT molecular complexity index is 801. The zero-order chi connectivity index (χ0) is 19.8. The van der Waals surface area contributed by atoms with Crippen LogP contribution in [0.3, 0.4) is 0 Å². The third kappa shape index (κ3) is 5.74. The number of rotatable bonds is 7. The standard InChI is InChI=1S/C22H26N2O4/c23-19-12-11-17(22(26)28-14-16-7-3-1-4-8-16)13-20(19)27-15-21(25)24-18-9-5-2-6-10-18/h1,3-4,7-8,11-13,18H,2,5-6,9-10,14-15,23H2,(H,24,25). The maximum absolute atomic E-state index is 12.3. The second-order valence-corrected chi connectivity index (χ2v) is 7.01. The van der Waals surface area contributed by atoms with Crippen LogP contribution < -0.4 is 15.8 Å². The maximum Gasteiger partial charge on any atom is 0.338 e. The fraction of sp³-hybridized carbons (Fsp3) is 0.364. The molecule has 1 amide bonds. The first-order valence-electron chi connectivity index (χ1n) is 9.64. The molecule has 0 spiro atoms. The number of hydrogen-bond donors (Lipinski definition) is 2. The molecule has 1 aliphatic carbocycles. The first-order valence-corrected chi connectivity index (χ1v) is 9.64. The SMILES string of the molecule is Nc1ccc(C(=O)OCc2ccccc2)cc1OCC(=O)NC1CCCCC1. The molecule has 0 bridgehead atoms. The van der Waals surface area contributed by atoms with Crippen LogP contribution >= 0.6 is 0 Å². The summed E-state index contributed by atoms with van der Waals surface area (Å²) in [6.45, 7) is 0.0489. The van der Waals surface area contributed by atoms with Gasteiger partial charge < -0.3 is 20.5 Å². The summed E-state index contributed by atoms with van der Waals surface area (Å²) in [6, 6.07) is 14.3. The van der Waals surface area contributed by atoms with Gasteiger partial charge in [0, 0.05) is 6.04 Å². The number of hydrogen-bond acceptors (Lipinski definition) is 5. The molecule has 3 rings (SSSR count). The molecule has 0 saturated heterocycles. The van der Waals surface area contributed by atoms with E-state index in [-0.39, 0.29) is 25.2 Å². The monoisotopic (exact) mass is 382 g/mol. The molecule has 2 aromatic rings. The Hall–Kier alpha value is -3.02. The van der Waals surface area contributed by atoms with Crippen LogP contribution in [0.1, 0.15) is 48.0 Å². The molecule has 2 aromatic carbocycles. The normalized spacial score (nSPS) is 14.3. The number of ether oxygens (including phenoxy) is 2. The van der Waals surface area contributed by atoms with Crippen molar-refractivity contribution in [3.63, 3.8) is 0 Å². The second-order valence-electron chi connectivity index (χ2n) is 7.01. The Morgan fingerprint density at radius 1 is 1.04 bits per heavy atom. The van der Waals surface area contributed by atoms with Crippen molar-refractivity contribution >= 4 is 17.6 Å². The third-order valence-electron chi connectivity index (χ3n) is 4.79. The molecule has 1 aliphatic rings. The Morgan fingerprint density at radius 2 is 1.79 bits per heavy atom. The highest BCUT2D eigenvalue weighted by Crippen LogP contribution is 2.23. The zero-order valence-corrected chi connectivity index (χ0v) is 15.9. The van der Waals surface area contributed by atoms with E-state index in [4.69, 9.17) is 15.2 Å². The Labute approximate surface area is 165 Å². The molecule has 28 heavy (non-hydrogen) atoms. The van der Waals surface area contributed by atoms with Crippen LogP contribution in [0.4, 0.5) is 5.69 Å². The molecular formula is C22H26N2O4. The molecule has 148 valence electrons. The smallest absolute Gasteiger partial charge is 0.338 e. The number of nitrogen functional groups attached to an aromatic ring is 1. The van der Waals surface area contributed by atoms with E-state index < -0.39 is 5.97 Å². The molecule has 1 fully saturated rings. The lowest BCUT2D eigenvalue weighted by atomic mass is 9.95. The van der Waals surface area contributed by atoms with Gasteiger partial charge in [0.15, 0.2) is 6.61 Å². The summed E-state index contributed by atoms with van der Waals surface area (Å²) in [5.74, 6) is -0.350. The van der Waals surface area contributed by atoms with E-state index in [2.05, 4.69) is 5.32 Å². The number of carbonyl (C=O) groups excluding carboxylic acids is 2. The fourth-order valence-corrected chi connectivity index (χ4v) is 3.25. The van der Waals surface area contributed by atoms with Gasteiger partial charge in [0.25, 0.3) is 5.91 Å². The summed E-state index contributed by atoms with van der Waals surface area (Å²) >= 11 is 0. The first kappa shape index (κ1) is 19.7. The molecule has 0 radical (unpaired) electrons. The molecule has 0 atom stereocenters. The lowest BCUT2D eigenvalue weighted by Gasteiger charge is -2.22. The zero-order valence-electron chi connectivity index (χ0n) is 15.9. The van der Waals surface area contributed by atoms with Gasteiger partial charge in [-0.25, -0.2) is 4.79 Å². The summed E-state index contributed by atoms with van der Waals surface area (Å²) in [5.41, 5.74) is 7.51. The second kappa shape index (κ2) is 9.78. The third-order valence-corrected chi connectivity index (χ3v) is 4.79. The van der Waals surface area contributed by atoms with E-state index in [1.807, 2.05) is 30.3 Å². The van der Waals surface area contributed by atoms with Crippen LogP contribution in [0.5, 0.6) is 5.75 Å². The topological polar surface area (TPSA) is 90.7 Å². The molecular weight excluding hydrogens is 356 g/mol. The van der Waals surface area contributed by atoms with Crippen molar-refractivity contribution in [2.45, 2.75) is 44.8 Å². The van der Waals surface area contributed by atoms with Gasteiger partial charge in [-0.3, -0.25) is 4.79 Å². The molecule has 0 aliphatic heterocycles. The summed E-state index contributed by atoms with van der Waals surface area (Å²) < 4.78 is 10.9. The average molecular weight is 382 g/mol. The minimum Gasteiger partial charge on any atom is -0.482 e. The van der Waals surface area contributed by atoms with Crippen molar-refractivity contribution in [3.8, 4) is 5.75 Å². The lowest BCUT2D eigenvalue weighted by Crippen LogP contribution is -2.39. The lowest BCUT2D eigenvalue weighted by molar-refractivity contribution is -0.124. The van der Waals surface area contributed by atoms with E-state index in [1.165, 1.54) is 12.5 Å². The molecule has 1 saturated carbocycles. The van der Waals surface area contributed by atoms with Crippen LogP contribution in [0, 0.1) is 0 Å². The van der Waals surface area contributed by atoms with Gasteiger partial charge in [0.2, 0.25) is 0 Å². The van der Waals surface area contributed by atoms with E-state index >= 15 is 0 Å².